The normalized spacial score (nSPS) is 20.2. The van der Waals surface area contributed by atoms with E-state index in [-0.39, 0.29) is 35.1 Å². The van der Waals surface area contributed by atoms with Crippen molar-refractivity contribution < 1.29 is 19.4 Å². The van der Waals surface area contributed by atoms with Crippen LogP contribution in [-0.4, -0.2) is 66.4 Å². The Labute approximate surface area is 226 Å². The standard InChI is InChI=1S/C28H46BrN3O4/c1-11-18(12-2)13-14-31-24(35-9)25(36-10)32(26(31)30-29)17-22(33)19-15-20(27(3,4)5)23(34)21(16-19)28(6,7)8/h15-16,18,24-25,34H,11-14,17H2,1-10H3/b30-26-. The van der Waals surface area contributed by atoms with Crippen molar-refractivity contribution in [2.45, 2.75) is 97.9 Å². The largest absolute Gasteiger partial charge is 0.507 e. The molecule has 0 spiro atoms. The molecule has 2 atom stereocenters. The maximum Gasteiger partial charge on any atom is 0.213 e. The number of hydrogen-bond donors (Lipinski definition) is 1. The SMILES string of the molecule is CCC(CC)CCN1/C(=N/Br)N(CC(=O)c2cc(C(C)(C)C)c(O)c(C(C)(C)C)c2)C(OC)C1OC. The average Bonchev–Trinajstić information content (AvgIpc) is 3.09. The molecule has 0 amide bonds. The smallest absolute Gasteiger partial charge is 0.213 e. The number of hydrogen-bond acceptors (Lipinski definition) is 5. The second-order valence-corrected chi connectivity index (χ2v) is 12.1. The highest BCUT2D eigenvalue weighted by atomic mass is 79.9. The highest BCUT2D eigenvalue weighted by Gasteiger charge is 2.45. The molecule has 204 valence electrons. The van der Waals surface area contributed by atoms with Crippen molar-refractivity contribution in [2.75, 3.05) is 27.3 Å². The van der Waals surface area contributed by atoms with E-state index < -0.39 is 6.23 Å². The summed E-state index contributed by atoms with van der Waals surface area (Å²) in [6.45, 7) is 17.5. The van der Waals surface area contributed by atoms with Gasteiger partial charge < -0.3 is 24.4 Å². The predicted octanol–water partition coefficient (Wildman–Crippen LogP) is 6.22. The van der Waals surface area contributed by atoms with E-state index in [1.54, 1.807) is 14.2 Å². The molecule has 1 aromatic carbocycles. The zero-order valence-corrected chi connectivity index (χ0v) is 25.4. The molecule has 1 aromatic rings. The van der Waals surface area contributed by atoms with E-state index in [4.69, 9.17) is 9.47 Å². The molecule has 7 nitrogen and oxygen atoms in total. The first-order chi connectivity index (χ1) is 16.7. The van der Waals surface area contributed by atoms with Crippen molar-refractivity contribution in [1.82, 2.24) is 9.80 Å². The van der Waals surface area contributed by atoms with E-state index in [1.165, 1.54) is 0 Å². The van der Waals surface area contributed by atoms with Gasteiger partial charge in [-0.05, 0) is 35.3 Å². The molecule has 1 saturated heterocycles. The number of carbonyl (C=O) groups excluding carboxylic acids is 1. The van der Waals surface area contributed by atoms with E-state index in [2.05, 4.69) is 38.9 Å². The van der Waals surface area contributed by atoms with Crippen LogP contribution in [0.25, 0.3) is 0 Å². The highest BCUT2D eigenvalue weighted by molar-refractivity contribution is 9.08. The highest BCUT2D eigenvalue weighted by Crippen LogP contribution is 2.40. The van der Waals surface area contributed by atoms with Crippen molar-refractivity contribution in [3.8, 4) is 5.75 Å². The van der Waals surface area contributed by atoms with Crippen molar-refractivity contribution in [3.63, 3.8) is 0 Å². The molecule has 0 aromatic heterocycles. The fourth-order valence-electron chi connectivity index (χ4n) is 4.88. The maximum atomic E-state index is 13.7. The molecular weight excluding hydrogens is 522 g/mol. The predicted molar refractivity (Wildman–Crippen MR) is 150 cm³/mol. The number of halogens is 1. The fraction of sp³-hybridized carbons (Fsp3) is 0.714. The zero-order chi connectivity index (χ0) is 27.4. The third-order valence-corrected chi connectivity index (χ3v) is 7.54. The summed E-state index contributed by atoms with van der Waals surface area (Å²) >= 11 is 3.29. The van der Waals surface area contributed by atoms with Crippen molar-refractivity contribution in [2.24, 2.45) is 9.94 Å². The summed E-state index contributed by atoms with van der Waals surface area (Å²) < 4.78 is 16.0. The molecule has 1 fully saturated rings. The van der Waals surface area contributed by atoms with Gasteiger partial charge >= 0.3 is 0 Å². The molecule has 1 heterocycles. The van der Waals surface area contributed by atoms with Crippen LogP contribution in [-0.2, 0) is 20.3 Å². The number of carbonyl (C=O) groups is 1. The molecule has 0 aliphatic carbocycles. The summed E-state index contributed by atoms with van der Waals surface area (Å²) in [4.78, 5) is 17.7. The first-order valence-electron chi connectivity index (χ1n) is 12.9. The Morgan fingerprint density at radius 3 is 1.86 bits per heavy atom. The Bertz CT molecular complexity index is 897. The lowest BCUT2D eigenvalue weighted by atomic mass is 9.78. The summed E-state index contributed by atoms with van der Waals surface area (Å²) in [6.07, 6.45) is 2.36. The Hall–Kier alpha value is -1.64. The number of phenolic OH excluding ortho intramolecular Hbond substituents is 1. The quantitative estimate of drug-likeness (QED) is 0.338. The van der Waals surface area contributed by atoms with Crippen LogP contribution >= 0.6 is 16.1 Å². The number of aromatic hydroxyl groups is 1. The number of rotatable bonds is 10. The van der Waals surface area contributed by atoms with Crippen LogP contribution < -0.4 is 0 Å². The lowest BCUT2D eigenvalue weighted by molar-refractivity contribution is -0.106. The zero-order valence-electron chi connectivity index (χ0n) is 23.8. The van der Waals surface area contributed by atoms with Gasteiger partial charge in [-0.15, -0.1) is 0 Å². The molecule has 1 aliphatic rings. The third kappa shape index (κ3) is 6.62. The van der Waals surface area contributed by atoms with Gasteiger partial charge in [-0.3, -0.25) is 4.79 Å². The fourth-order valence-corrected chi connectivity index (χ4v) is 5.28. The number of Topliss-reactive ketones (excluding diaryl/α,β-unsaturated/α-hetero) is 1. The molecule has 1 aliphatic heterocycles. The molecule has 36 heavy (non-hydrogen) atoms. The Kier molecular flexibility index (Phi) is 10.4. The lowest BCUT2D eigenvalue weighted by Crippen LogP contribution is -2.42. The van der Waals surface area contributed by atoms with Gasteiger partial charge in [0.1, 0.15) is 5.75 Å². The number of ether oxygens (including phenoxy) is 2. The Morgan fingerprint density at radius 1 is 1.00 bits per heavy atom. The summed E-state index contributed by atoms with van der Waals surface area (Å²) in [6, 6.07) is 3.66. The number of nitrogens with zero attached hydrogens (tertiary/aromatic N) is 3. The maximum absolute atomic E-state index is 13.7. The summed E-state index contributed by atoms with van der Waals surface area (Å²) in [5.41, 5.74) is 1.45. The second-order valence-electron chi connectivity index (χ2n) is 11.8. The molecule has 1 N–H and O–H groups in total. The van der Waals surface area contributed by atoms with Crippen molar-refractivity contribution in [1.29, 1.82) is 0 Å². The summed E-state index contributed by atoms with van der Waals surface area (Å²) in [5, 5.41) is 11.1. The van der Waals surface area contributed by atoms with Crippen LogP contribution in [0.15, 0.2) is 16.2 Å². The van der Waals surface area contributed by atoms with E-state index in [9.17, 15) is 9.90 Å². The van der Waals surface area contributed by atoms with Crippen LogP contribution in [0.4, 0.5) is 0 Å². The van der Waals surface area contributed by atoms with Gasteiger partial charge in [0.2, 0.25) is 5.96 Å². The van der Waals surface area contributed by atoms with Crippen LogP contribution in [0.2, 0.25) is 0 Å². The summed E-state index contributed by atoms with van der Waals surface area (Å²) in [7, 11) is 3.28. The van der Waals surface area contributed by atoms with Gasteiger partial charge in [0.05, 0.1) is 22.7 Å². The van der Waals surface area contributed by atoms with Gasteiger partial charge in [0, 0.05) is 37.5 Å². The minimum Gasteiger partial charge on any atom is -0.507 e. The van der Waals surface area contributed by atoms with Gasteiger partial charge in [0.15, 0.2) is 18.2 Å². The van der Waals surface area contributed by atoms with Crippen LogP contribution in [0.1, 0.15) is 96.1 Å². The van der Waals surface area contributed by atoms with Crippen molar-refractivity contribution >= 4 is 27.9 Å². The minimum atomic E-state index is -0.488. The second kappa shape index (κ2) is 12.3. The monoisotopic (exact) mass is 567 g/mol. The van der Waals surface area contributed by atoms with E-state index in [0.29, 0.717) is 17.4 Å². The van der Waals surface area contributed by atoms with Gasteiger partial charge in [-0.1, -0.05) is 68.2 Å². The minimum absolute atomic E-state index is 0.0709. The molecule has 2 unspecified atom stereocenters. The van der Waals surface area contributed by atoms with Gasteiger partial charge in [-0.2, -0.15) is 4.02 Å². The summed E-state index contributed by atoms with van der Waals surface area (Å²) in [5.74, 6) is 1.42. The van der Waals surface area contributed by atoms with Crippen LogP contribution in [0, 0.1) is 5.92 Å². The van der Waals surface area contributed by atoms with E-state index in [0.717, 1.165) is 36.9 Å². The Morgan fingerprint density at radius 2 is 1.47 bits per heavy atom. The first kappa shape index (κ1) is 30.6. The van der Waals surface area contributed by atoms with Crippen LogP contribution in [0.3, 0.4) is 0 Å². The van der Waals surface area contributed by atoms with E-state index in [1.807, 2.05) is 58.6 Å². The van der Waals surface area contributed by atoms with E-state index >= 15 is 0 Å². The molecule has 2 rings (SSSR count). The topological polar surface area (TPSA) is 74.6 Å². The molecule has 0 radical (unpaired) electrons. The number of guanidine groups is 1. The number of ketones is 1. The molecule has 0 bridgehead atoms. The number of methoxy groups -OCH3 is 2. The first-order valence-corrected chi connectivity index (χ1v) is 13.6. The lowest BCUT2D eigenvalue weighted by Gasteiger charge is -2.29. The van der Waals surface area contributed by atoms with Crippen LogP contribution in [0.5, 0.6) is 5.75 Å². The number of phenols is 1. The Balaban J connectivity index is 2.45. The molecule has 0 saturated carbocycles. The average molecular weight is 569 g/mol. The van der Waals surface area contributed by atoms with Gasteiger partial charge in [0.25, 0.3) is 0 Å². The molecule has 8 heteroatoms. The third-order valence-electron chi connectivity index (χ3n) is 7.23. The van der Waals surface area contributed by atoms with Crippen molar-refractivity contribution in [3.05, 3.63) is 28.8 Å². The molecular formula is C28H46BrN3O4. The number of benzene rings is 1. The van der Waals surface area contributed by atoms with Gasteiger partial charge in [-0.25, -0.2) is 0 Å².